The smallest absolute Gasteiger partial charge is 0.150 e. The molecule has 0 aliphatic carbocycles. The maximum absolute atomic E-state index is 5.76. The van der Waals surface area contributed by atoms with Crippen LogP contribution in [0.1, 0.15) is 42.1 Å². The van der Waals surface area contributed by atoms with Gasteiger partial charge in [0, 0.05) is 6.61 Å². The van der Waals surface area contributed by atoms with Crippen molar-refractivity contribution in [2.24, 2.45) is 0 Å². The summed E-state index contributed by atoms with van der Waals surface area (Å²) in [6.07, 6.45) is 3.38. The summed E-state index contributed by atoms with van der Waals surface area (Å²) in [7, 11) is 0. The molecule has 2 atom stereocenters. The van der Waals surface area contributed by atoms with Crippen LogP contribution < -0.4 is 0 Å². The highest BCUT2D eigenvalue weighted by Crippen LogP contribution is 2.33. The maximum atomic E-state index is 5.76. The molecule has 1 aliphatic rings. The molecule has 0 spiro atoms. The van der Waals surface area contributed by atoms with Crippen LogP contribution in [0.15, 0.2) is 6.07 Å². The lowest BCUT2D eigenvalue weighted by atomic mass is 10.2. The highest BCUT2D eigenvalue weighted by molar-refractivity contribution is 8.00. The van der Waals surface area contributed by atoms with Gasteiger partial charge in [-0.05, 0) is 32.3 Å². The van der Waals surface area contributed by atoms with Crippen LogP contribution in [0.3, 0.4) is 0 Å². The van der Waals surface area contributed by atoms with Crippen molar-refractivity contribution in [2.45, 2.75) is 42.2 Å². The van der Waals surface area contributed by atoms with Crippen LogP contribution in [0.2, 0.25) is 0 Å². The summed E-state index contributed by atoms with van der Waals surface area (Å²) >= 11 is 13.2. The van der Waals surface area contributed by atoms with E-state index in [0.717, 1.165) is 30.8 Å². The van der Waals surface area contributed by atoms with E-state index in [9.17, 15) is 0 Å². The topological polar surface area (TPSA) is 27.1 Å². The molecule has 1 fully saturated rings. The van der Waals surface area contributed by atoms with Crippen molar-refractivity contribution in [3.8, 4) is 0 Å². The summed E-state index contributed by atoms with van der Waals surface area (Å²) in [4.78, 5) is 0. The number of rotatable bonds is 3. The normalized spacial score (nSPS) is 23.0. The van der Waals surface area contributed by atoms with Gasteiger partial charge in [0.15, 0.2) is 6.23 Å². The lowest BCUT2D eigenvalue weighted by Gasteiger charge is -2.26. The molecule has 2 rings (SSSR count). The molecule has 0 radical (unpaired) electrons. The zero-order valence-corrected chi connectivity index (χ0v) is 12.5. The van der Waals surface area contributed by atoms with Gasteiger partial charge in [-0.2, -0.15) is 43.0 Å². The molecule has 2 heterocycles. The Morgan fingerprint density at radius 3 is 2.76 bits per heavy atom. The number of aromatic nitrogens is 2. The summed E-state index contributed by atoms with van der Waals surface area (Å²) < 4.78 is 7.60. The first-order valence-corrected chi connectivity index (χ1v) is 7.36. The molecule has 0 N–H and O–H groups in total. The number of hydrogen-bond acceptors (Lipinski definition) is 5. The Labute approximate surface area is 119 Å². The Kier molecular flexibility index (Phi) is 4.74. The van der Waals surface area contributed by atoms with Gasteiger partial charge >= 0.3 is 0 Å². The minimum absolute atomic E-state index is 0.0440. The van der Waals surface area contributed by atoms with E-state index in [-0.39, 0.29) is 16.1 Å². The Bertz CT molecular complexity index is 375. The SMILES string of the molecule is Cc1cc(C(S)C(S)S)n(C2CCCCO2)n1. The third kappa shape index (κ3) is 3.16. The van der Waals surface area contributed by atoms with E-state index < -0.39 is 0 Å². The number of nitrogens with zero attached hydrogens (tertiary/aromatic N) is 2. The first-order chi connectivity index (χ1) is 8.09. The van der Waals surface area contributed by atoms with Gasteiger partial charge in [0.05, 0.1) is 21.2 Å². The highest BCUT2D eigenvalue weighted by Gasteiger charge is 2.24. The Balaban J connectivity index is 2.26. The average Bonchev–Trinajstić information content (AvgIpc) is 2.71. The molecular formula is C11H18N2OS3. The van der Waals surface area contributed by atoms with Crippen molar-refractivity contribution in [1.29, 1.82) is 0 Å². The summed E-state index contributed by atoms with van der Waals surface area (Å²) in [5, 5.41) is 4.46. The van der Waals surface area contributed by atoms with Crippen LogP contribution in [-0.2, 0) is 4.74 Å². The first kappa shape index (κ1) is 13.6. The van der Waals surface area contributed by atoms with Crippen molar-refractivity contribution < 1.29 is 4.74 Å². The van der Waals surface area contributed by atoms with Crippen LogP contribution in [0.25, 0.3) is 0 Å². The molecule has 3 nitrogen and oxygen atoms in total. The predicted octanol–water partition coefficient (Wildman–Crippen LogP) is 3.05. The largest absolute Gasteiger partial charge is 0.357 e. The van der Waals surface area contributed by atoms with Crippen LogP contribution >= 0.6 is 37.9 Å². The molecule has 1 aromatic rings. The van der Waals surface area contributed by atoms with Crippen molar-refractivity contribution in [1.82, 2.24) is 9.78 Å². The van der Waals surface area contributed by atoms with Crippen molar-refractivity contribution in [3.63, 3.8) is 0 Å². The second-order valence-electron chi connectivity index (χ2n) is 4.33. The van der Waals surface area contributed by atoms with Crippen LogP contribution in [0, 0.1) is 6.92 Å². The van der Waals surface area contributed by atoms with E-state index in [2.05, 4.69) is 43.0 Å². The minimum Gasteiger partial charge on any atom is -0.357 e. The van der Waals surface area contributed by atoms with Crippen LogP contribution in [0.4, 0.5) is 0 Å². The zero-order chi connectivity index (χ0) is 12.4. The second-order valence-corrected chi connectivity index (χ2v) is 6.41. The molecule has 1 saturated heterocycles. The third-order valence-electron chi connectivity index (χ3n) is 2.90. The molecule has 1 aromatic heterocycles. The van der Waals surface area contributed by atoms with E-state index in [1.807, 2.05) is 17.7 Å². The van der Waals surface area contributed by atoms with Crippen LogP contribution in [-0.4, -0.2) is 21.0 Å². The van der Waals surface area contributed by atoms with E-state index in [1.165, 1.54) is 6.42 Å². The fraction of sp³-hybridized carbons (Fsp3) is 0.727. The summed E-state index contributed by atoms with van der Waals surface area (Å²) in [6.45, 7) is 2.79. The fourth-order valence-electron chi connectivity index (χ4n) is 2.06. The van der Waals surface area contributed by atoms with Gasteiger partial charge in [-0.25, -0.2) is 4.68 Å². The second kappa shape index (κ2) is 5.91. The fourth-order valence-corrected chi connectivity index (χ4v) is 2.56. The summed E-state index contributed by atoms with van der Waals surface area (Å²) in [5.74, 6) is 0. The Morgan fingerprint density at radius 2 is 2.18 bits per heavy atom. The average molecular weight is 290 g/mol. The van der Waals surface area contributed by atoms with Crippen LogP contribution in [0.5, 0.6) is 0 Å². The number of hydrogen-bond donors (Lipinski definition) is 3. The quantitative estimate of drug-likeness (QED) is 0.589. The van der Waals surface area contributed by atoms with Gasteiger partial charge in [0.25, 0.3) is 0 Å². The summed E-state index contributed by atoms with van der Waals surface area (Å²) in [6, 6.07) is 2.04. The molecule has 0 bridgehead atoms. The number of aryl methyl sites for hydroxylation is 1. The van der Waals surface area contributed by atoms with E-state index in [4.69, 9.17) is 4.74 Å². The monoisotopic (exact) mass is 290 g/mol. The van der Waals surface area contributed by atoms with Crippen molar-refractivity contribution in [2.75, 3.05) is 6.61 Å². The molecule has 2 unspecified atom stereocenters. The van der Waals surface area contributed by atoms with Gasteiger partial charge in [-0.3, -0.25) is 0 Å². The lowest BCUT2D eigenvalue weighted by Crippen LogP contribution is -2.22. The van der Waals surface area contributed by atoms with Gasteiger partial charge in [-0.15, -0.1) is 0 Å². The molecule has 17 heavy (non-hydrogen) atoms. The van der Waals surface area contributed by atoms with Gasteiger partial charge in [0.2, 0.25) is 0 Å². The van der Waals surface area contributed by atoms with E-state index >= 15 is 0 Å². The number of thiol groups is 3. The standard InChI is InChI=1S/C11H18N2OS3/c1-7-6-8(10(15)11(16)17)13(12-7)9-4-2-3-5-14-9/h6,9-11,15-17H,2-5H2,1H3. The molecular weight excluding hydrogens is 272 g/mol. The predicted molar refractivity (Wildman–Crippen MR) is 79.3 cm³/mol. The molecule has 6 heteroatoms. The minimum atomic E-state index is -0.114. The van der Waals surface area contributed by atoms with E-state index in [0.29, 0.717) is 0 Å². The van der Waals surface area contributed by atoms with Crippen molar-refractivity contribution >= 4 is 37.9 Å². The van der Waals surface area contributed by atoms with Gasteiger partial charge < -0.3 is 4.74 Å². The highest BCUT2D eigenvalue weighted by atomic mass is 32.2. The Morgan fingerprint density at radius 1 is 1.41 bits per heavy atom. The number of ether oxygens (including phenoxy) is 1. The van der Waals surface area contributed by atoms with Crippen molar-refractivity contribution in [3.05, 3.63) is 17.5 Å². The van der Waals surface area contributed by atoms with Gasteiger partial charge in [0.1, 0.15) is 0 Å². The summed E-state index contributed by atoms with van der Waals surface area (Å²) in [5.41, 5.74) is 2.02. The van der Waals surface area contributed by atoms with Gasteiger partial charge in [-0.1, -0.05) is 0 Å². The first-order valence-electron chi connectivity index (χ1n) is 5.81. The molecule has 0 aromatic carbocycles. The molecule has 1 aliphatic heterocycles. The Hall–Kier alpha value is 0.220. The molecule has 0 amide bonds. The maximum Gasteiger partial charge on any atom is 0.150 e. The molecule has 0 saturated carbocycles. The lowest BCUT2D eigenvalue weighted by molar-refractivity contribution is -0.0412. The molecule has 96 valence electrons. The third-order valence-corrected chi connectivity index (χ3v) is 4.53. The zero-order valence-electron chi connectivity index (χ0n) is 9.78. The van der Waals surface area contributed by atoms with E-state index in [1.54, 1.807) is 0 Å².